The lowest BCUT2D eigenvalue weighted by Crippen LogP contribution is -2.35. The van der Waals surface area contributed by atoms with Crippen LogP contribution in [0.4, 0.5) is 0 Å². The molecule has 0 atom stereocenters. The van der Waals surface area contributed by atoms with E-state index in [9.17, 15) is 10.2 Å². The molecule has 3 aromatic carbocycles. The number of rotatable bonds is 10. The monoisotopic (exact) mass is 473 g/mol. The standard InChI is InChI=1S/C28H31N3O4/c1-19-24(20-8-5-4-6-9-20)10-7-11-25(19)21-14-30-31(16-21)23-12-27(34-2)26(28(13-23)35-3)15-29-22(17-32)18-33/h4-14,16,22,29,32-33H,15,17-18H2,1-3H3. The van der Waals surface area contributed by atoms with Gasteiger partial charge < -0.3 is 25.0 Å². The summed E-state index contributed by atoms with van der Waals surface area (Å²) in [6.45, 7) is 2.17. The van der Waals surface area contributed by atoms with Crippen molar-refractivity contribution >= 4 is 0 Å². The molecule has 0 aliphatic rings. The highest BCUT2D eigenvalue weighted by molar-refractivity contribution is 5.77. The fraction of sp³-hybridized carbons (Fsp3) is 0.250. The molecule has 0 unspecified atom stereocenters. The summed E-state index contributed by atoms with van der Waals surface area (Å²) in [7, 11) is 3.20. The molecule has 0 radical (unpaired) electrons. The van der Waals surface area contributed by atoms with Crippen LogP contribution in [-0.2, 0) is 6.54 Å². The topological polar surface area (TPSA) is 88.8 Å². The second-order valence-corrected chi connectivity index (χ2v) is 8.29. The van der Waals surface area contributed by atoms with E-state index < -0.39 is 6.04 Å². The van der Waals surface area contributed by atoms with Crippen molar-refractivity contribution in [2.24, 2.45) is 0 Å². The van der Waals surface area contributed by atoms with E-state index in [2.05, 4.69) is 47.7 Å². The minimum atomic E-state index is -0.423. The summed E-state index contributed by atoms with van der Waals surface area (Å²) >= 11 is 0. The van der Waals surface area contributed by atoms with E-state index in [0.717, 1.165) is 22.4 Å². The SMILES string of the molecule is COc1cc(-n2cc(-c3cccc(-c4ccccc4)c3C)cn2)cc(OC)c1CNC(CO)CO. The first-order valence-corrected chi connectivity index (χ1v) is 11.5. The van der Waals surface area contributed by atoms with E-state index in [1.165, 1.54) is 16.7 Å². The van der Waals surface area contributed by atoms with E-state index in [0.29, 0.717) is 18.0 Å². The van der Waals surface area contributed by atoms with Crippen LogP contribution in [0.2, 0.25) is 0 Å². The summed E-state index contributed by atoms with van der Waals surface area (Å²) in [5.41, 5.74) is 7.30. The molecule has 0 spiro atoms. The van der Waals surface area contributed by atoms with Crippen molar-refractivity contribution in [3.8, 4) is 39.4 Å². The van der Waals surface area contributed by atoms with Gasteiger partial charge in [-0.2, -0.15) is 5.10 Å². The number of aliphatic hydroxyl groups excluding tert-OH is 2. The van der Waals surface area contributed by atoms with Crippen molar-refractivity contribution in [2.45, 2.75) is 19.5 Å². The van der Waals surface area contributed by atoms with E-state index in [1.54, 1.807) is 18.9 Å². The van der Waals surface area contributed by atoms with Gasteiger partial charge in [-0.3, -0.25) is 0 Å². The van der Waals surface area contributed by atoms with Crippen molar-refractivity contribution in [2.75, 3.05) is 27.4 Å². The summed E-state index contributed by atoms with van der Waals surface area (Å²) in [5.74, 6) is 1.25. The van der Waals surface area contributed by atoms with Crippen LogP contribution in [0, 0.1) is 6.92 Å². The van der Waals surface area contributed by atoms with Gasteiger partial charge in [-0.1, -0.05) is 48.5 Å². The second kappa shape index (κ2) is 11.2. The number of benzene rings is 3. The summed E-state index contributed by atoms with van der Waals surface area (Å²) in [6, 6.07) is 20.1. The Labute approximate surface area is 205 Å². The number of nitrogens with zero attached hydrogens (tertiary/aromatic N) is 2. The average molecular weight is 474 g/mol. The lowest BCUT2D eigenvalue weighted by molar-refractivity contribution is 0.169. The van der Waals surface area contributed by atoms with Gasteiger partial charge in [-0.15, -0.1) is 0 Å². The van der Waals surface area contributed by atoms with Crippen molar-refractivity contribution in [1.29, 1.82) is 0 Å². The highest BCUT2D eigenvalue weighted by Gasteiger charge is 2.17. The van der Waals surface area contributed by atoms with Gasteiger partial charge in [-0.05, 0) is 29.2 Å². The first-order chi connectivity index (χ1) is 17.1. The molecular weight excluding hydrogens is 442 g/mol. The predicted octanol–water partition coefficient (Wildman–Crippen LogP) is 3.97. The molecule has 0 aliphatic carbocycles. The summed E-state index contributed by atoms with van der Waals surface area (Å²) in [6.07, 6.45) is 3.86. The molecule has 0 saturated carbocycles. The first-order valence-electron chi connectivity index (χ1n) is 11.5. The fourth-order valence-corrected chi connectivity index (χ4v) is 4.19. The molecular formula is C28H31N3O4. The Morgan fingerprint density at radius 3 is 2.11 bits per heavy atom. The number of hydrogen-bond donors (Lipinski definition) is 3. The summed E-state index contributed by atoms with van der Waals surface area (Å²) < 4.78 is 13.1. The lowest BCUT2D eigenvalue weighted by Gasteiger charge is -2.18. The number of methoxy groups -OCH3 is 2. The molecule has 35 heavy (non-hydrogen) atoms. The Morgan fingerprint density at radius 1 is 0.886 bits per heavy atom. The first kappa shape index (κ1) is 24.5. The van der Waals surface area contributed by atoms with Crippen LogP contribution in [0.5, 0.6) is 11.5 Å². The molecule has 7 heteroatoms. The third-order valence-electron chi connectivity index (χ3n) is 6.18. The molecule has 0 fully saturated rings. The minimum Gasteiger partial charge on any atom is -0.496 e. The molecule has 7 nitrogen and oxygen atoms in total. The van der Waals surface area contributed by atoms with Crippen molar-refractivity contribution in [1.82, 2.24) is 15.1 Å². The second-order valence-electron chi connectivity index (χ2n) is 8.29. The molecule has 4 aromatic rings. The third-order valence-corrected chi connectivity index (χ3v) is 6.18. The van der Waals surface area contributed by atoms with Crippen LogP contribution in [0.3, 0.4) is 0 Å². The third kappa shape index (κ3) is 5.22. The molecule has 1 heterocycles. The Balaban J connectivity index is 1.67. The Hall–Kier alpha value is -3.65. The zero-order valence-electron chi connectivity index (χ0n) is 20.2. The Bertz CT molecular complexity index is 1240. The Morgan fingerprint density at radius 2 is 1.51 bits per heavy atom. The van der Waals surface area contributed by atoms with Gasteiger partial charge in [0.2, 0.25) is 0 Å². The summed E-state index contributed by atoms with van der Waals surface area (Å²) in [5, 5.41) is 26.4. The van der Waals surface area contributed by atoms with Crippen molar-refractivity contribution in [3.05, 3.63) is 84.2 Å². The predicted molar refractivity (Wildman–Crippen MR) is 137 cm³/mol. The number of hydrogen-bond acceptors (Lipinski definition) is 6. The molecule has 1 aromatic heterocycles. The average Bonchev–Trinajstić information content (AvgIpc) is 3.39. The van der Waals surface area contributed by atoms with Gasteiger partial charge in [0, 0.05) is 30.4 Å². The number of nitrogens with one attached hydrogen (secondary N) is 1. The number of aliphatic hydroxyl groups is 2. The van der Waals surface area contributed by atoms with Crippen LogP contribution in [0.15, 0.2) is 73.1 Å². The van der Waals surface area contributed by atoms with Crippen molar-refractivity contribution in [3.63, 3.8) is 0 Å². The van der Waals surface area contributed by atoms with Gasteiger partial charge in [0.15, 0.2) is 0 Å². The van der Waals surface area contributed by atoms with E-state index in [-0.39, 0.29) is 13.2 Å². The van der Waals surface area contributed by atoms with E-state index >= 15 is 0 Å². The van der Waals surface area contributed by atoms with Gasteiger partial charge in [-0.25, -0.2) is 4.68 Å². The highest BCUT2D eigenvalue weighted by Crippen LogP contribution is 2.34. The molecule has 4 rings (SSSR count). The maximum absolute atomic E-state index is 9.35. The van der Waals surface area contributed by atoms with Crippen LogP contribution < -0.4 is 14.8 Å². The number of ether oxygens (including phenoxy) is 2. The van der Waals surface area contributed by atoms with E-state index in [1.807, 2.05) is 42.7 Å². The largest absolute Gasteiger partial charge is 0.496 e. The quantitative estimate of drug-likeness (QED) is 0.323. The fourth-order valence-electron chi connectivity index (χ4n) is 4.19. The normalized spacial score (nSPS) is 11.1. The van der Waals surface area contributed by atoms with Gasteiger partial charge in [0.25, 0.3) is 0 Å². The highest BCUT2D eigenvalue weighted by atomic mass is 16.5. The number of aromatic nitrogens is 2. The van der Waals surface area contributed by atoms with Gasteiger partial charge in [0.05, 0.1) is 50.9 Å². The van der Waals surface area contributed by atoms with Crippen LogP contribution in [0.1, 0.15) is 11.1 Å². The molecule has 3 N–H and O–H groups in total. The van der Waals surface area contributed by atoms with Crippen LogP contribution in [-0.4, -0.2) is 53.5 Å². The van der Waals surface area contributed by atoms with Crippen molar-refractivity contribution < 1.29 is 19.7 Å². The maximum atomic E-state index is 9.35. The molecule has 0 amide bonds. The molecule has 0 aliphatic heterocycles. The molecule has 182 valence electrons. The lowest BCUT2D eigenvalue weighted by atomic mass is 9.94. The Kier molecular flexibility index (Phi) is 7.82. The molecule has 0 saturated heterocycles. The zero-order chi connectivity index (χ0) is 24.8. The van der Waals surface area contributed by atoms with Gasteiger partial charge in [0.1, 0.15) is 11.5 Å². The maximum Gasteiger partial charge on any atom is 0.129 e. The van der Waals surface area contributed by atoms with E-state index in [4.69, 9.17) is 9.47 Å². The zero-order valence-corrected chi connectivity index (χ0v) is 20.2. The van der Waals surface area contributed by atoms with Crippen LogP contribution >= 0.6 is 0 Å². The summed E-state index contributed by atoms with van der Waals surface area (Å²) in [4.78, 5) is 0. The molecule has 0 bridgehead atoms. The van der Waals surface area contributed by atoms with Crippen LogP contribution in [0.25, 0.3) is 27.9 Å². The minimum absolute atomic E-state index is 0.167. The smallest absolute Gasteiger partial charge is 0.129 e. The van der Waals surface area contributed by atoms with Gasteiger partial charge >= 0.3 is 0 Å².